The molecule has 1 aromatic rings. The minimum Gasteiger partial charge on any atom is -0.462 e. The Labute approximate surface area is 120 Å². The Morgan fingerprint density at radius 2 is 2.06 bits per heavy atom. The number of alkyl halides is 2. The van der Waals surface area contributed by atoms with Crippen LogP contribution in [0.15, 0.2) is 18.2 Å². The van der Waals surface area contributed by atoms with Gasteiger partial charge >= 0.3 is 5.97 Å². The van der Waals surface area contributed by atoms with E-state index < -0.39 is 0 Å². The van der Waals surface area contributed by atoms with Gasteiger partial charge in [0, 0.05) is 11.8 Å². The van der Waals surface area contributed by atoms with Crippen LogP contribution in [0.4, 0.5) is 0 Å². The first-order chi connectivity index (χ1) is 8.62. The first-order valence-electron chi connectivity index (χ1n) is 5.54. The topological polar surface area (TPSA) is 43.4 Å². The number of hydrogen-bond donors (Lipinski definition) is 0. The van der Waals surface area contributed by atoms with E-state index in [4.69, 9.17) is 16.3 Å². The third kappa shape index (κ3) is 4.10. The normalized spacial score (nSPS) is 10.2. The fraction of sp³-hybridized carbons (Fsp3) is 0.385. The average molecular weight is 334 g/mol. The molecule has 0 saturated carbocycles. The summed E-state index contributed by atoms with van der Waals surface area (Å²) in [5.74, 6) is -0.469. The molecule has 0 saturated heterocycles. The molecular formula is C13H14BrClO3. The smallest absolute Gasteiger partial charge is 0.338 e. The standard InChI is InChI=1S/C13H14BrClO3/c1-2-18-13(17)9-3-4-10(7-14)11(5-9)6-12(16)8-15/h3-5H,2,6-8H2,1H3. The van der Waals surface area contributed by atoms with Crippen molar-refractivity contribution in [1.82, 2.24) is 0 Å². The van der Waals surface area contributed by atoms with Gasteiger partial charge < -0.3 is 4.74 Å². The Hall–Kier alpha value is -0.870. The van der Waals surface area contributed by atoms with Crippen molar-refractivity contribution < 1.29 is 14.3 Å². The van der Waals surface area contributed by atoms with Crippen molar-refractivity contribution in [2.24, 2.45) is 0 Å². The van der Waals surface area contributed by atoms with Gasteiger partial charge in [-0.2, -0.15) is 0 Å². The Bertz CT molecular complexity index is 446. The molecule has 0 atom stereocenters. The van der Waals surface area contributed by atoms with Gasteiger partial charge in [-0.15, -0.1) is 11.6 Å². The Morgan fingerprint density at radius 3 is 2.61 bits per heavy atom. The molecule has 98 valence electrons. The zero-order chi connectivity index (χ0) is 13.5. The molecule has 5 heteroatoms. The molecule has 1 rings (SSSR count). The van der Waals surface area contributed by atoms with Crippen molar-refractivity contribution in [3.05, 3.63) is 34.9 Å². The highest BCUT2D eigenvalue weighted by Crippen LogP contribution is 2.17. The lowest BCUT2D eigenvalue weighted by Gasteiger charge is -2.08. The summed E-state index contributed by atoms with van der Waals surface area (Å²) in [5.41, 5.74) is 2.24. The van der Waals surface area contributed by atoms with E-state index in [1.165, 1.54) is 0 Å². The average Bonchev–Trinajstić information content (AvgIpc) is 2.38. The maximum atomic E-state index is 11.6. The first-order valence-corrected chi connectivity index (χ1v) is 7.20. The molecular weight excluding hydrogens is 319 g/mol. The second kappa shape index (κ2) is 7.54. The van der Waals surface area contributed by atoms with E-state index in [0.717, 1.165) is 11.1 Å². The van der Waals surface area contributed by atoms with Crippen molar-refractivity contribution in [2.75, 3.05) is 12.5 Å². The van der Waals surface area contributed by atoms with E-state index >= 15 is 0 Å². The third-order valence-electron chi connectivity index (χ3n) is 2.40. The molecule has 0 N–H and O–H groups in total. The fourth-order valence-corrected chi connectivity index (χ4v) is 2.16. The Kier molecular flexibility index (Phi) is 6.36. The van der Waals surface area contributed by atoms with Gasteiger partial charge in [0.2, 0.25) is 0 Å². The number of rotatable bonds is 6. The summed E-state index contributed by atoms with van der Waals surface area (Å²) in [6.07, 6.45) is 0.234. The SMILES string of the molecule is CCOC(=O)c1ccc(CBr)c(CC(=O)CCl)c1. The Morgan fingerprint density at radius 1 is 1.33 bits per heavy atom. The number of ketones is 1. The minimum absolute atomic E-state index is 0.0225. The summed E-state index contributed by atoms with van der Waals surface area (Å²) in [4.78, 5) is 23.0. The molecule has 0 fully saturated rings. The largest absolute Gasteiger partial charge is 0.462 e. The summed E-state index contributed by atoms with van der Waals surface area (Å²) in [6.45, 7) is 2.08. The summed E-state index contributed by atoms with van der Waals surface area (Å²) in [7, 11) is 0. The van der Waals surface area contributed by atoms with Crippen LogP contribution in [0.25, 0.3) is 0 Å². The van der Waals surface area contributed by atoms with Crippen LogP contribution in [0.3, 0.4) is 0 Å². The molecule has 3 nitrogen and oxygen atoms in total. The predicted molar refractivity (Wildman–Crippen MR) is 74.5 cm³/mol. The highest BCUT2D eigenvalue weighted by atomic mass is 79.9. The monoisotopic (exact) mass is 332 g/mol. The van der Waals surface area contributed by atoms with Crippen molar-refractivity contribution >= 4 is 39.3 Å². The van der Waals surface area contributed by atoms with Crippen LogP contribution in [0.2, 0.25) is 0 Å². The molecule has 0 aliphatic rings. The van der Waals surface area contributed by atoms with Crippen LogP contribution >= 0.6 is 27.5 Å². The van der Waals surface area contributed by atoms with Gasteiger partial charge in [-0.25, -0.2) is 4.79 Å². The number of ether oxygens (including phenoxy) is 1. The second-order valence-electron chi connectivity index (χ2n) is 3.69. The van der Waals surface area contributed by atoms with Gasteiger partial charge in [0.25, 0.3) is 0 Å². The lowest BCUT2D eigenvalue weighted by molar-refractivity contribution is -0.116. The van der Waals surface area contributed by atoms with Crippen LogP contribution in [0, 0.1) is 0 Å². The van der Waals surface area contributed by atoms with Gasteiger partial charge in [-0.1, -0.05) is 22.0 Å². The van der Waals surface area contributed by atoms with Crippen molar-refractivity contribution in [2.45, 2.75) is 18.7 Å². The van der Waals surface area contributed by atoms with E-state index in [0.29, 0.717) is 17.5 Å². The first kappa shape index (κ1) is 15.2. The van der Waals surface area contributed by atoms with E-state index in [1.807, 2.05) is 6.07 Å². The van der Waals surface area contributed by atoms with Crippen molar-refractivity contribution in [3.63, 3.8) is 0 Å². The number of hydrogen-bond acceptors (Lipinski definition) is 3. The predicted octanol–water partition coefficient (Wildman–Crippen LogP) is 3.11. The summed E-state index contributed by atoms with van der Waals surface area (Å²) in [6, 6.07) is 5.21. The van der Waals surface area contributed by atoms with Crippen LogP contribution in [-0.2, 0) is 21.3 Å². The lowest BCUT2D eigenvalue weighted by atomic mass is 10.0. The maximum absolute atomic E-state index is 11.6. The minimum atomic E-state index is -0.377. The number of benzene rings is 1. The molecule has 0 radical (unpaired) electrons. The zero-order valence-corrected chi connectivity index (χ0v) is 12.4. The van der Waals surface area contributed by atoms with Gasteiger partial charge in [0.15, 0.2) is 5.78 Å². The molecule has 0 aliphatic carbocycles. The van der Waals surface area contributed by atoms with Crippen molar-refractivity contribution in [3.8, 4) is 0 Å². The highest BCUT2D eigenvalue weighted by Gasteiger charge is 2.12. The van der Waals surface area contributed by atoms with E-state index in [9.17, 15) is 9.59 Å². The number of halogens is 2. The summed E-state index contributed by atoms with van der Waals surface area (Å²) >= 11 is 8.85. The fourth-order valence-electron chi connectivity index (χ4n) is 1.52. The van der Waals surface area contributed by atoms with Crippen LogP contribution in [0.5, 0.6) is 0 Å². The third-order valence-corrected chi connectivity index (χ3v) is 3.30. The molecule has 0 unspecified atom stereocenters. The van der Waals surface area contributed by atoms with Crippen LogP contribution < -0.4 is 0 Å². The summed E-state index contributed by atoms with van der Waals surface area (Å²) < 4.78 is 4.93. The van der Waals surface area contributed by atoms with E-state index in [2.05, 4.69) is 15.9 Å². The van der Waals surface area contributed by atoms with Gasteiger partial charge in [0.05, 0.1) is 18.1 Å². The quantitative estimate of drug-likeness (QED) is 0.593. The van der Waals surface area contributed by atoms with Crippen molar-refractivity contribution in [1.29, 1.82) is 0 Å². The van der Waals surface area contributed by atoms with E-state index in [1.54, 1.807) is 19.1 Å². The maximum Gasteiger partial charge on any atom is 0.338 e. The number of esters is 1. The number of carbonyl (C=O) groups excluding carboxylic acids is 2. The molecule has 0 aliphatic heterocycles. The summed E-state index contributed by atoms with van der Waals surface area (Å²) in [5, 5.41) is 0.626. The number of Topliss-reactive ketones (excluding diaryl/α,β-unsaturated/α-hetero) is 1. The highest BCUT2D eigenvalue weighted by molar-refractivity contribution is 9.08. The Balaban J connectivity index is 3.01. The lowest BCUT2D eigenvalue weighted by Crippen LogP contribution is -2.09. The zero-order valence-electron chi connectivity index (χ0n) is 10.0. The molecule has 1 aromatic carbocycles. The van der Waals surface area contributed by atoms with Gasteiger partial charge in [-0.05, 0) is 30.2 Å². The molecule has 18 heavy (non-hydrogen) atoms. The van der Waals surface area contributed by atoms with E-state index in [-0.39, 0.29) is 24.1 Å². The number of carbonyl (C=O) groups is 2. The van der Waals surface area contributed by atoms with Gasteiger partial charge in [-0.3, -0.25) is 4.79 Å². The molecule has 0 bridgehead atoms. The van der Waals surface area contributed by atoms with Crippen LogP contribution in [-0.4, -0.2) is 24.2 Å². The van der Waals surface area contributed by atoms with Gasteiger partial charge in [0.1, 0.15) is 0 Å². The van der Waals surface area contributed by atoms with Crippen LogP contribution in [0.1, 0.15) is 28.4 Å². The molecule has 0 spiro atoms. The molecule has 0 aromatic heterocycles. The molecule has 0 amide bonds. The molecule has 0 heterocycles. The second-order valence-corrected chi connectivity index (χ2v) is 4.51.